The maximum absolute atomic E-state index is 12.1. The molecule has 1 aromatic carbocycles. The van der Waals surface area contributed by atoms with Crippen LogP contribution in [0.3, 0.4) is 0 Å². The molecule has 0 atom stereocenters. The summed E-state index contributed by atoms with van der Waals surface area (Å²) >= 11 is 0. The van der Waals surface area contributed by atoms with Crippen molar-refractivity contribution in [2.75, 3.05) is 19.0 Å². The van der Waals surface area contributed by atoms with Crippen molar-refractivity contribution in [1.29, 1.82) is 0 Å². The number of hydrogen-bond donors (Lipinski definition) is 3. The summed E-state index contributed by atoms with van der Waals surface area (Å²) in [5.41, 5.74) is 4.84. The van der Waals surface area contributed by atoms with Gasteiger partial charge in [0.15, 0.2) is 0 Å². The highest BCUT2D eigenvalue weighted by atomic mass is 16.5. The van der Waals surface area contributed by atoms with Crippen LogP contribution in [0.5, 0.6) is 0 Å². The first-order valence-electron chi connectivity index (χ1n) is 9.65. The molecule has 0 bridgehead atoms. The van der Waals surface area contributed by atoms with E-state index in [1.54, 1.807) is 44.7 Å². The number of ether oxygens (including phenoxy) is 1. The van der Waals surface area contributed by atoms with Gasteiger partial charge in [0.05, 0.1) is 23.3 Å². The zero-order valence-corrected chi connectivity index (χ0v) is 17.0. The van der Waals surface area contributed by atoms with E-state index in [1.165, 1.54) is 0 Å². The highest BCUT2D eigenvalue weighted by Crippen LogP contribution is 2.33. The lowest BCUT2D eigenvalue weighted by molar-refractivity contribution is 0.0963. The molecule has 4 rings (SSSR count). The van der Waals surface area contributed by atoms with Crippen molar-refractivity contribution in [3.05, 3.63) is 60.6 Å². The van der Waals surface area contributed by atoms with E-state index in [1.807, 2.05) is 24.3 Å². The molecule has 0 fully saturated rings. The monoisotopic (exact) mass is 432 g/mol. The molecule has 164 valence electrons. The fourth-order valence-electron chi connectivity index (χ4n) is 3.20. The van der Waals surface area contributed by atoms with Crippen molar-refractivity contribution in [3.8, 4) is 22.4 Å². The number of rotatable bonds is 5. The van der Waals surface area contributed by atoms with E-state index in [-0.39, 0.29) is 25.9 Å². The van der Waals surface area contributed by atoms with Gasteiger partial charge in [0.1, 0.15) is 0 Å². The second kappa shape index (κ2) is 9.69. The summed E-state index contributed by atoms with van der Waals surface area (Å²) in [6.07, 6.45) is 4.44. The molecule has 0 radical (unpaired) electrons. The van der Waals surface area contributed by atoms with E-state index in [4.69, 9.17) is 4.74 Å². The number of nitrogens with one attached hydrogen (secondary N) is 3. The normalized spacial score (nSPS) is 10.3. The Morgan fingerprint density at radius 2 is 1.97 bits per heavy atom. The molecule has 4 aromatic rings. The van der Waals surface area contributed by atoms with E-state index in [2.05, 4.69) is 30.6 Å². The number of carbonyl (C=O) groups is 2. The molecular weight excluding hydrogens is 408 g/mol. The van der Waals surface area contributed by atoms with Crippen LogP contribution in [0.4, 0.5) is 10.7 Å². The van der Waals surface area contributed by atoms with Gasteiger partial charge in [-0.25, -0.2) is 9.78 Å². The number of imidazole rings is 1. The molecule has 0 unspecified atom stereocenters. The molecule has 9 heteroatoms. The minimum atomic E-state index is -0.602. The van der Waals surface area contributed by atoms with Crippen LogP contribution in [-0.2, 0) is 4.74 Å². The number of amides is 2. The Labute approximate surface area is 185 Å². The lowest BCUT2D eigenvalue weighted by Crippen LogP contribution is -2.17. The fourth-order valence-corrected chi connectivity index (χ4v) is 3.20. The van der Waals surface area contributed by atoms with Gasteiger partial charge in [-0.15, -0.1) is 0 Å². The lowest BCUT2D eigenvalue weighted by Gasteiger charge is -2.08. The number of carbonyl (C=O) groups excluding carboxylic acids is 2. The Kier molecular flexibility index (Phi) is 6.79. The van der Waals surface area contributed by atoms with Crippen LogP contribution >= 0.6 is 0 Å². The van der Waals surface area contributed by atoms with Crippen LogP contribution in [-0.4, -0.2) is 45.6 Å². The SMILES string of the molecule is C.CCOC(=O)Nc1nc2c(-c3cc(C(=O)NC)ccn3)cc(-c3cccnc3)cc2[nH]1. The van der Waals surface area contributed by atoms with Crippen LogP contribution in [0.1, 0.15) is 24.7 Å². The number of H-pyrrole nitrogens is 1. The number of aromatic amines is 1. The summed E-state index contributed by atoms with van der Waals surface area (Å²) < 4.78 is 4.93. The van der Waals surface area contributed by atoms with Crippen LogP contribution in [0, 0.1) is 0 Å². The smallest absolute Gasteiger partial charge is 0.413 e. The minimum absolute atomic E-state index is 0. The highest BCUT2D eigenvalue weighted by Gasteiger charge is 2.16. The van der Waals surface area contributed by atoms with E-state index in [0.29, 0.717) is 27.9 Å². The molecule has 0 saturated heterocycles. The van der Waals surface area contributed by atoms with Crippen molar-refractivity contribution in [2.24, 2.45) is 0 Å². The highest BCUT2D eigenvalue weighted by molar-refractivity contribution is 5.99. The minimum Gasteiger partial charge on any atom is -0.450 e. The average molecular weight is 432 g/mol. The molecule has 3 aromatic heterocycles. The van der Waals surface area contributed by atoms with Crippen molar-refractivity contribution < 1.29 is 14.3 Å². The Balaban J connectivity index is 0.00000289. The zero-order valence-electron chi connectivity index (χ0n) is 17.0. The van der Waals surface area contributed by atoms with Gasteiger partial charge in [-0.2, -0.15) is 0 Å². The van der Waals surface area contributed by atoms with Gasteiger partial charge in [-0.05, 0) is 42.8 Å². The Morgan fingerprint density at radius 3 is 2.69 bits per heavy atom. The van der Waals surface area contributed by atoms with Crippen LogP contribution in [0.25, 0.3) is 33.4 Å². The van der Waals surface area contributed by atoms with Gasteiger partial charge < -0.3 is 15.0 Å². The third kappa shape index (κ3) is 4.56. The summed E-state index contributed by atoms with van der Waals surface area (Å²) in [7, 11) is 1.57. The predicted octanol–water partition coefficient (Wildman–Crippen LogP) is 4.25. The van der Waals surface area contributed by atoms with Gasteiger partial charge >= 0.3 is 6.09 Å². The van der Waals surface area contributed by atoms with Gasteiger partial charge in [-0.3, -0.25) is 20.1 Å². The fraction of sp³-hybridized carbons (Fsp3) is 0.174. The van der Waals surface area contributed by atoms with Gasteiger partial charge in [-0.1, -0.05) is 13.5 Å². The molecule has 0 saturated carbocycles. The van der Waals surface area contributed by atoms with E-state index >= 15 is 0 Å². The summed E-state index contributed by atoms with van der Waals surface area (Å²) in [6.45, 7) is 1.97. The number of aromatic nitrogens is 4. The summed E-state index contributed by atoms with van der Waals surface area (Å²) in [5.74, 6) is 0.0375. The quantitative estimate of drug-likeness (QED) is 0.433. The van der Waals surface area contributed by atoms with E-state index in [9.17, 15) is 9.59 Å². The standard InChI is InChI=1S/C22H20N6O3.CH4/c1-3-31-22(30)28-21-26-18-11-15(14-5-4-7-24-12-14)9-16(19(18)27-21)17-10-13(6-8-25-17)20(29)23-2;/h4-12H,3H2,1-2H3,(H,23,29)(H2,26,27,28,30);1H4. The molecular formula is C23H24N6O3. The summed E-state index contributed by atoms with van der Waals surface area (Å²) in [5, 5.41) is 5.20. The zero-order chi connectivity index (χ0) is 21.8. The van der Waals surface area contributed by atoms with Gasteiger partial charge in [0.2, 0.25) is 5.95 Å². The average Bonchev–Trinajstić information content (AvgIpc) is 3.20. The molecule has 0 aliphatic carbocycles. The Bertz CT molecular complexity index is 1250. The van der Waals surface area contributed by atoms with Crippen molar-refractivity contribution in [1.82, 2.24) is 25.3 Å². The molecule has 0 aliphatic heterocycles. The first-order valence-corrected chi connectivity index (χ1v) is 9.65. The Morgan fingerprint density at radius 1 is 1.12 bits per heavy atom. The molecule has 3 heterocycles. The van der Waals surface area contributed by atoms with E-state index in [0.717, 1.165) is 11.1 Å². The third-order valence-electron chi connectivity index (χ3n) is 4.60. The van der Waals surface area contributed by atoms with Crippen LogP contribution < -0.4 is 10.6 Å². The van der Waals surface area contributed by atoms with Gasteiger partial charge in [0.25, 0.3) is 5.91 Å². The summed E-state index contributed by atoms with van der Waals surface area (Å²) in [4.78, 5) is 40.2. The van der Waals surface area contributed by atoms with Crippen LogP contribution in [0.2, 0.25) is 0 Å². The van der Waals surface area contributed by atoms with E-state index < -0.39 is 6.09 Å². The van der Waals surface area contributed by atoms with Crippen molar-refractivity contribution >= 4 is 29.0 Å². The lowest BCUT2D eigenvalue weighted by atomic mass is 10.00. The second-order valence-corrected chi connectivity index (χ2v) is 6.60. The molecule has 0 aliphatic rings. The predicted molar refractivity (Wildman–Crippen MR) is 123 cm³/mol. The number of hydrogen-bond acceptors (Lipinski definition) is 6. The number of fused-ring (bicyclic) bond motifs is 1. The summed E-state index contributed by atoms with van der Waals surface area (Å²) in [6, 6.07) is 11.0. The maximum atomic E-state index is 12.1. The molecule has 0 spiro atoms. The second-order valence-electron chi connectivity index (χ2n) is 6.60. The molecule has 9 nitrogen and oxygen atoms in total. The first-order chi connectivity index (χ1) is 15.1. The molecule has 3 N–H and O–H groups in total. The first kappa shape index (κ1) is 22.4. The van der Waals surface area contributed by atoms with Gasteiger partial charge in [0, 0.05) is 42.3 Å². The van der Waals surface area contributed by atoms with Crippen molar-refractivity contribution in [3.63, 3.8) is 0 Å². The largest absolute Gasteiger partial charge is 0.450 e. The third-order valence-corrected chi connectivity index (χ3v) is 4.60. The van der Waals surface area contributed by atoms with Crippen LogP contribution in [0.15, 0.2) is 55.0 Å². The number of pyridine rings is 2. The van der Waals surface area contributed by atoms with Crippen molar-refractivity contribution in [2.45, 2.75) is 14.4 Å². The molecule has 32 heavy (non-hydrogen) atoms. The topological polar surface area (TPSA) is 122 Å². The Hall–Kier alpha value is -4.27. The number of nitrogens with zero attached hydrogens (tertiary/aromatic N) is 3. The molecule has 2 amide bonds. The maximum Gasteiger partial charge on any atom is 0.413 e. The number of benzene rings is 1. The number of anilines is 1.